The average Bonchev–Trinajstić information content (AvgIpc) is 2.48. The van der Waals surface area contributed by atoms with E-state index in [1.807, 2.05) is 0 Å². The fourth-order valence-electron chi connectivity index (χ4n) is 3.86. The standard InChI is InChI=1S/C20H31NO2/c1-14(2)18-10-7-16(4)13-20(18,23)19(22)21-12-11-17-8-5-15(3)6-9-17/h5-6,8-9,14,16,18,23H,7,10-13H2,1-4H3,(H,21,22). The van der Waals surface area contributed by atoms with Crippen molar-refractivity contribution >= 4 is 5.91 Å². The third kappa shape index (κ3) is 4.35. The zero-order chi connectivity index (χ0) is 17.0. The molecule has 3 nitrogen and oxygen atoms in total. The van der Waals surface area contributed by atoms with Crippen LogP contribution in [0.25, 0.3) is 0 Å². The topological polar surface area (TPSA) is 49.3 Å². The van der Waals surface area contributed by atoms with Gasteiger partial charge in [-0.3, -0.25) is 4.79 Å². The van der Waals surface area contributed by atoms with Crippen LogP contribution in [0.2, 0.25) is 0 Å². The average molecular weight is 317 g/mol. The molecule has 1 fully saturated rings. The van der Waals surface area contributed by atoms with E-state index in [1.54, 1.807) is 0 Å². The highest BCUT2D eigenvalue weighted by atomic mass is 16.3. The maximum Gasteiger partial charge on any atom is 0.252 e. The Labute approximate surface area is 140 Å². The van der Waals surface area contributed by atoms with Gasteiger partial charge < -0.3 is 10.4 Å². The lowest BCUT2D eigenvalue weighted by molar-refractivity contribution is -0.155. The van der Waals surface area contributed by atoms with Crippen LogP contribution in [-0.2, 0) is 11.2 Å². The first-order valence-corrected chi connectivity index (χ1v) is 8.89. The molecule has 3 atom stereocenters. The Bertz CT molecular complexity index is 523. The highest BCUT2D eigenvalue weighted by Crippen LogP contribution is 2.41. The number of carbonyl (C=O) groups excluding carboxylic acids is 1. The quantitative estimate of drug-likeness (QED) is 0.873. The monoisotopic (exact) mass is 317 g/mol. The summed E-state index contributed by atoms with van der Waals surface area (Å²) >= 11 is 0. The first kappa shape index (κ1) is 18.0. The number of aryl methyl sites for hydroxylation is 1. The second-order valence-electron chi connectivity index (χ2n) is 7.65. The van der Waals surface area contributed by atoms with E-state index < -0.39 is 5.60 Å². The Morgan fingerprint density at radius 2 is 1.96 bits per heavy atom. The predicted molar refractivity (Wildman–Crippen MR) is 94.2 cm³/mol. The van der Waals surface area contributed by atoms with Crippen LogP contribution in [0.3, 0.4) is 0 Å². The molecule has 1 aliphatic carbocycles. The summed E-state index contributed by atoms with van der Waals surface area (Å²) in [5, 5.41) is 14.0. The molecule has 1 amide bonds. The van der Waals surface area contributed by atoms with Gasteiger partial charge in [0, 0.05) is 6.54 Å². The van der Waals surface area contributed by atoms with Crippen LogP contribution in [0.15, 0.2) is 24.3 Å². The molecule has 0 heterocycles. The van der Waals surface area contributed by atoms with Gasteiger partial charge in [-0.05, 0) is 49.5 Å². The summed E-state index contributed by atoms with van der Waals surface area (Å²) < 4.78 is 0. The van der Waals surface area contributed by atoms with Crippen molar-refractivity contribution in [3.05, 3.63) is 35.4 Å². The van der Waals surface area contributed by atoms with Gasteiger partial charge in [0.2, 0.25) is 0 Å². The molecular formula is C20H31NO2. The number of nitrogens with one attached hydrogen (secondary N) is 1. The number of rotatable bonds is 5. The summed E-state index contributed by atoms with van der Waals surface area (Å²) in [5.74, 6) is 0.584. The second kappa shape index (κ2) is 7.48. The summed E-state index contributed by atoms with van der Waals surface area (Å²) in [5.41, 5.74) is 1.24. The predicted octanol–water partition coefficient (Wildman–Crippen LogP) is 3.48. The minimum absolute atomic E-state index is 0.0538. The van der Waals surface area contributed by atoms with Gasteiger partial charge in [-0.15, -0.1) is 0 Å². The van der Waals surface area contributed by atoms with Gasteiger partial charge in [0.25, 0.3) is 5.91 Å². The van der Waals surface area contributed by atoms with E-state index in [9.17, 15) is 9.90 Å². The molecule has 1 saturated carbocycles. The lowest BCUT2D eigenvalue weighted by atomic mass is 9.66. The zero-order valence-corrected chi connectivity index (χ0v) is 14.9. The van der Waals surface area contributed by atoms with Crippen molar-refractivity contribution in [2.45, 2.75) is 59.0 Å². The van der Waals surface area contributed by atoms with Gasteiger partial charge in [0.05, 0.1) is 0 Å². The fraction of sp³-hybridized carbons (Fsp3) is 0.650. The molecule has 23 heavy (non-hydrogen) atoms. The van der Waals surface area contributed by atoms with Gasteiger partial charge in [-0.1, -0.05) is 57.0 Å². The summed E-state index contributed by atoms with van der Waals surface area (Å²) in [7, 11) is 0. The normalized spacial score (nSPS) is 27.9. The SMILES string of the molecule is Cc1ccc(CCNC(=O)C2(O)CC(C)CCC2C(C)C)cc1. The first-order valence-electron chi connectivity index (χ1n) is 8.89. The smallest absolute Gasteiger partial charge is 0.252 e. The number of amides is 1. The molecule has 2 rings (SSSR count). The van der Waals surface area contributed by atoms with Crippen LogP contribution in [0.1, 0.15) is 51.2 Å². The summed E-state index contributed by atoms with van der Waals surface area (Å²) in [6.07, 6.45) is 3.40. The van der Waals surface area contributed by atoms with Crippen molar-refractivity contribution in [3.8, 4) is 0 Å². The molecule has 3 heteroatoms. The van der Waals surface area contributed by atoms with Crippen LogP contribution in [0, 0.1) is 24.7 Å². The van der Waals surface area contributed by atoms with Crippen molar-refractivity contribution < 1.29 is 9.90 Å². The van der Waals surface area contributed by atoms with Gasteiger partial charge in [0.1, 0.15) is 5.60 Å². The number of hydrogen-bond donors (Lipinski definition) is 2. The minimum Gasteiger partial charge on any atom is -0.380 e. The van der Waals surface area contributed by atoms with E-state index in [0.29, 0.717) is 24.8 Å². The highest BCUT2D eigenvalue weighted by Gasteiger charge is 2.48. The Morgan fingerprint density at radius 1 is 1.30 bits per heavy atom. The van der Waals surface area contributed by atoms with Gasteiger partial charge in [-0.2, -0.15) is 0 Å². The van der Waals surface area contributed by atoms with Gasteiger partial charge in [0.15, 0.2) is 0 Å². The molecule has 0 saturated heterocycles. The number of hydrogen-bond acceptors (Lipinski definition) is 2. The maximum absolute atomic E-state index is 12.7. The van der Waals surface area contributed by atoms with Crippen molar-refractivity contribution in [1.82, 2.24) is 5.32 Å². The molecule has 0 spiro atoms. The Hall–Kier alpha value is -1.35. The molecule has 0 aromatic heterocycles. The van der Waals surface area contributed by atoms with E-state index in [2.05, 4.69) is 57.3 Å². The van der Waals surface area contributed by atoms with Crippen molar-refractivity contribution in [3.63, 3.8) is 0 Å². The Kier molecular flexibility index (Phi) is 5.85. The lowest BCUT2D eigenvalue weighted by Gasteiger charge is -2.43. The van der Waals surface area contributed by atoms with Gasteiger partial charge in [-0.25, -0.2) is 0 Å². The van der Waals surface area contributed by atoms with Crippen LogP contribution in [-0.4, -0.2) is 23.2 Å². The van der Waals surface area contributed by atoms with Crippen molar-refractivity contribution in [2.24, 2.45) is 17.8 Å². The summed E-state index contributed by atoms with van der Waals surface area (Å²) in [4.78, 5) is 12.7. The molecule has 1 aromatic rings. The minimum atomic E-state index is -1.21. The van der Waals surface area contributed by atoms with E-state index in [0.717, 1.165) is 19.3 Å². The Balaban J connectivity index is 1.95. The molecular weight excluding hydrogens is 286 g/mol. The van der Waals surface area contributed by atoms with Crippen LogP contribution in [0.4, 0.5) is 0 Å². The van der Waals surface area contributed by atoms with E-state index >= 15 is 0 Å². The molecule has 2 N–H and O–H groups in total. The number of aliphatic hydroxyl groups is 1. The van der Waals surface area contributed by atoms with Crippen molar-refractivity contribution in [1.29, 1.82) is 0 Å². The molecule has 0 bridgehead atoms. The fourth-order valence-corrected chi connectivity index (χ4v) is 3.86. The molecule has 0 aliphatic heterocycles. The largest absolute Gasteiger partial charge is 0.380 e. The zero-order valence-electron chi connectivity index (χ0n) is 14.9. The van der Waals surface area contributed by atoms with E-state index in [-0.39, 0.29) is 11.8 Å². The molecule has 3 unspecified atom stereocenters. The highest BCUT2D eigenvalue weighted by molar-refractivity contribution is 5.85. The second-order valence-corrected chi connectivity index (χ2v) is 7.65. The molecule has 1 aliphatic rings. The van der Waals surface area contributed by atoms with E-state index in [1.165, 1.54) is 11.1 Å². The van der Waals surface area contributed by atoms with Gasteiger partial charge >= 0.3 is 0 Å². The van der Waals surface area contributed by atoms with Crippen LogP contribution < -0.4 is 5.32 Å². The third-order valence-corrected chi connectivity index (χ3v) is 5.26. The Morgan fingerprint density at radius 3 is 2.57 bits per heavy atom. The van der Waals surface area contributed by atoms with E-state index in [4.69, 9.17) is 0 Å². The summed E-state index contributed by atoms with van der Waals surface area (Å²) in [6, 6.07) is 8.36. The third-order valence-electron chi connectivity index (χ3n) is 5.26. The lowest BCUT2D eigenvalue weighted by Crippen LogP contribution is -2.56. The number of carbonyl (C=O) groups is 1. The summed E-state index contributed by atoms with van der Waals surface area (Å²) in [6.45, 7) is 8.97. The van der Waals surface area contributed by atoms with Crippen molar-refractivity contribution in [2.75, 3.05) is 6.54 Å². The van der Waals surface area contributed by atoms with Crippen LogP contribution in [0.5, 0.6) is 0 Å². The first-order chi connectivity index (χ1) is 10.8. The van der Waals surface area contributed by atoms with Crippen LogP contribution >= 0.6 is 0 Å². The maximum atomic E-state index is 12.7. The molecule has 128 valence electrons. The molecule has 0 radical (unpaired) electrons. The number of benzene rings is 1. The molecule has 1 aromatic carbocycles.